The smallest absolute Gasteiger partial charge is 0.318 e. The van der Waals surface area contributed by atoms with Gasteiger partial charge in [0.1, 0.15) is 24.2 Å². The predicted molar refractivity (Wildman–Crippen MR) is 163 cm³/mol. The van der Waals surface area contributed by atoms with Gasteiger partial charge >= 0.3 is 6.01 Å². The number of hydrogen-bond donors (Lipinski definition) is 1. The number of rotatable bonds is 7. The molecule has 2 aromatic carbocycles. The zero-order valence-corrected chi connectivity index (χ0v) is 24.1. The van der Waals surface area contributed by atoms with Crippen LogP contribution in [-0.4, -0.2) is 95.8 Å². The Bertz CT molecular complexity index is 1540. The number of phenols is 1. The first-order valence-corrected chi connectivity index (χ1v) is 14.7. The Kier molecular flexibility index (Phi) is 7.85. The lowest BCUT2D eigenvalue weighted by Gasteiger charge is -2.41. The fraction of sp³-hybridized carbons (Fsp3) is 0.438. The normalized spacial score (nSPS) is 20.8. The Morgan fingerprint density at radius 1 is 1.17 bits per heavy atom. The van der Waals surface area contributed by atoms with Gasteiger partial charge in [-0.2, -0.15) is 9.97 Å². The largest absolute Gasteiger partial charge is 0.508 e. The molecule has 2 atom stereocenters. The van der Waals surface area contributed by atoms with E-state index in [0.29, 0.717) is 44.8 Å². The molecule has 2 saturated heterocycles. The summed E-state index contributed by atoms with van der Waals surface area (Å²) in [6.45, 7) is 15.8. The lowest BCUT2D eigenvalue weighted by atomic mass is 10.0. The van der Waals surface area contributed by atoms with Crippen LogP contribution in [0.1, 0.15) is 24.1 Å². The van der Waals surface area contributed by atoms with Gasteiger partial charge in [-0.1, -0.05) is 30.8 Å². The molecule has 1 amide bonds. The molecule has 6 rings (SSSR count). The SMILES string of the molecule is [C-]#[N+]C[C@H]1CN(c2nc(OC[C@@H]3CCCN3C)nc3c2CCN(c2cc(O)cc4ccccc24)C3)CCN1C(=O)C=C. The summed E-state index contributed by atoms with van der Waals surface area (Å²) in [4.78, 5) is 34.6. The maximum Gasteiger partial charge on any atom is 0.318 e. The number of aromatic nitrogens is 2. The van der Waals surface area contributed by atoms with Crippen LogP contribution in [0.15, 0.2) is 49.1 Å². The summed E-state index contributed by atoms with van der Waals surface area (Å²) in [5, 5.41) is 12.6. The van der Waals surface area contributed by atoms with Gasteiger partial charge in [0.15, 0.2) is 0 Å². The summed E-state index contributed by atoms with van der Waals surface area (Å²) in [6, 6.07) is 12.2. The number of amides is 1. The Balaban J connectivity index is 1.34. The number of nitrogens with zero attached hydrogens (tertiary/aromatic N) is 7. The van der Waals surface area contributed by atoms with Crippen LogP contribution in [0, 0.1) is 6.57 Å². The Hall–Kier alpha value is -4.36. The standard InChI is InChI=1S/C32H37N7O3/c1-4-30(41)39-15-14-38(19-24(39)18-33-2)31-27-11-13-37(29-17-25(40)16-22-8-5-6-10-26(22)29)20-28(27)34-32(35-31)42-21-23-9-7-12-36(23)3/h4-6,8,10,16-17,23-24,40H,1,7,9,11-15,18-21H2,3H3/t23-,24-/m0/s1. The Labute approximate surface area is 246 Å². The van der Waals surface area contributed by atoms with Gasteiger partial charge in [-0.15, -0.1) is 0 Å². The molecule has 1 aromatic heterocycles. The van der Waals surface area contributed by atoms with Crippen molar-refractivity contribution in [3.63, 3.8) is 0 Å². The number of hydrogen-bond acceptors (Lipinski definition) is 8. The van der Waals surface area contributed by atoms with Crippen molar-refractivity contribution in [2.45, 2.75) is 37.9 Å². The zero-order chi connectivity index (χ0) is 29.2. The van der Waals surface area contributed by atoms with Crippen molar-refractivity contribution in [2.24, 2.45) is 0 Å². The lowest BCUT2D eigenvalue weighted by Crippen LogP contribution is -2.56. The molecule has 0 bridgehead atoms. The first-order chi connectivity index (χ1) is 20.4. The predicted octanol–water partition coefficient (Wildman–Crippen LogP) is 3.49. The number of carbonyl (C=O) groups excluding carboxylic acids is 1. The maximum absolute atomic E-state index is 12.5. The Morgan fingerprint density at radius 2 is 2.02 bits per heavy atom. The minimum atomic E-state index is -0.248. The molecule has 3 aliphatic heterocycles. The molecule has 0 aliphatic carbocycles. The average molecular weight is 568 g/mol. The van der Waals surface area contributed by atoms with Crippen molar-refractivity contribution in [3.8, 4) is 11.8 Å². The van der Waals surface area contributed by atoms with Crippen molar-refractivity contribution in [1.82, 2.24) is 19.8 Å². The fourth-order valence-electron chi connectivity index (χ4n) is 6.53. The van der Waals surface area contributed by atoms with E-state index in [1.807, 2.05) is 24.3 Å². The van der Waals surface area contributed by atoms with E-state index in [0.717, 1.165) is 65.9 Å². The highest BCUT2D eigenvalue weighted by atomic mass is 16.5. The van der Waals surface area contributed by atoms with Crippen molar-refractivity contribution in [2.75, 3.05) is 62.7 Å². The number of ether oxygens (including phenoxy) is 1. The summed E-state index contributed by atoms with van der Waals surface area (Å²) < 4.78 is 6.26. The average Bonchev–Trinajstić information content (AvgIpc) is 3.42. The van der Waals surface area contributed by atoms with E-state index in [2.05, 4.69) is 39.2 Å². The molecule has 0 unspecified atom stereocenters. The molecule has 10 heteroatoms. The molecule has 1 N–H and O–H groups in total. The minimum absolute atomic E-state index is 0.147. The van der Waals surface area contributed by atoms with Crippen LogP contribution in [0.4, 0.5) is 11.5 Å². The van der Waals surface area contributed by atoms with E-state index in [9.17, 15) is 9.90 Å². The van der Waals surface area contributed by atoms with Crippen LogP contribution in [0.3, 0.4) is 0 Å². The van der Waals surface area contributed by atoms with Gasteiger partial charge in [0.2, 0.25) is 12.5 Å². The van der Waals surface area contributed by atoms with Crippen LogP contribution in [0.2, 0.25) is 0 Å². The van der Waals surface area contributed by atoms with Gasteiger partial charge in [0.05, 0.1) is 12.2 Å². The molecular weight excluding hydrogens is 530 g/mol. The minimum Gasteiger partial charge on any atom is -0.508 e. The monoisotopic (exact) mass is 567 g/mol. The van der Waals surface area contributed by atoms with Gasteiger partial charge in [-0.05, 0) is 50.4 Å². The van der Waals surface area contributed by atoms with E-state index >= 15 is 0 Å². The van der Waals surface area contributed by atoms with E-state index in [-0.39, 0.29) is 24.2 Å². The van der Waals surface area contributed by atoms with Gasteiger partial charge in [-0.3, -0.25) is 4.79 Å². The molecule has 0 saturated carbocycles. The number of carbonyl (C=O) groups is 1. The van der Waals surface area contributed by atoms with E-state index in [4.69, 9.17) is 21.3 Å². The second kappa shape index (κ2) is 11.9. The van der Waals surface area contributed by atoms with Gasteiger partial charge < -0.3 is 34.3 Å². The zero-order valence-electron chi connectivity index (χ0n) is 24.1. The highest BCUT2D eigenvalue weighted by Gasteiger charge is 2.35. The highest BCUT2D eigenvalue weighted by Crippen LogP contribution is 2.36. The second-order valence-corrected chi connectivity index (χ2v) is 11.4. The molecule has 2 fully saturated rings. The van der Waals surface area contributed by atoms with Crippen molar-refractivity contribution in [3.05, 3.63) is 71.7 Å². The van der Waals surface area contributed by atoms with Crippen LogP contribution in [-0.2, 0) is 17.8 Å². The summed E-state index contributed by atoms with van der Waals surface area (Å²) in [6.07, 6.45) is 4.29. The van der Waals surface area contributed by atoms with E-state index in [1.165, 1.54) is 6.08 Å². The van der Waals surface area contributed by atoms with Crippen molar-refractivity contribution >= 4 is 28.2 Å². The molecule has 10 nitrogen and oxygen atoms in total. The highest BCUT2D eigenvalue weighted by molar-refractivity contribution is 5.95. The second-order valence-electron chi connectivity index (χ2n) is 11.4. The number of fused-ring (bicyclic) bond motifs is 2. The number of piperazine rings is 1. The molecule has 0 radical (unpaired) electrons. The summed E-state index contributed by atoms with van der Waals surface area (Å²) in [5.74, 6) is 0.919. The molecule has 3 aliphatic rings. The molecule has 218 valence electrons. The molecular formula is C32H37N7O3. The quantitative estimate of drug-likeness (QED) is 0.343. The van der Waals surface area contributed by atoms with Crippen molar-refractivity contribution < 1.29 is 14.6 Å². The lowest BCUT2D eigenvalue weighted by molar-refractivity contribution is -0.128. The number of likely N-dealkylation sites (tertiary alicyclic amines) is 1. The third-order valence-electron chi connectivity index (χ3n) is 8.81. The number of anilines is 2. The van der Waals surface area contributed by atoms with E-state index < -0.39 is 0 Å². The van der Waals surface area contributed by atoms with Crippen LogP contribution in [0.25, 0.3) is 15.6 Å². The first kappa shape index (κ1) is 27.8. The van der Waals surface area contributed by atoms with E-state index in [1.54, 1.807) is 11.0 Å². The van der Waals surface area contributed by atoms with Crippen LogP contribution >= 0.6 is 0 Å². The number of aromatic hydroxyl groups is 1. The molecule has 0 spiro atoms. The topological polar surface area (TPSA) is 89.6 Å². The van der Waals surface area contributed by atoms with Gasteiger partial charge in [0.25, 0.3) is 0 Å². The Morgan fingerprint density at radius 3 is 2.81 bits per heavy atom. The molecule has 42 heavy (non-hydrogen) atoms. The molecule has 4 heterocycles. The van der Waals surface area contributed by atoms with Crippen LogP contribution < -0.4 is 14.5 Å². The van der Waals surface area contributed by atoms with Gasteiger partial charge in [0, 0.05) is 54.9 Å². The maximum atomic E-state index is 12.5. The van der Waals surface area contributed by atoms with Gasteiger partial charge in [-0.25, -0.2) is 6.57 Å². The number of likely N-dealkylation sites (N-methyl/N-ethyl adjacent to an activating group) is 1. The van der Waals surface area contributed by atoms with Crippen LogP contribution in [0.5, 0.6) is 11.8 Å². The summed E-state index contributed by atoms with van der Waals surface area (Å²) in [5.41, 5.74) is 2.95. The number of phenolic OH excluding ortho intramolecular Hbond substituents is 1. The third kappa shape index (κ3) is 5.44. The van der Waals surface area contributed by atoms with Crippen molar-refractivity contribution in [1.29, 1.82) is 0 Å². The summed E-state index contributed by atoms with van der Waals surface area (Å²) in [7, 11) is 2.12. The number of benzene rings is 2. The fourth-order valence-corrected chi connectivity index (χ4v) is 6.53. The molecule has 3 aromatic rings. The third-order valence-corrected chi connectivity index (χ3v) is 8.81. The first-order valence-electron chi connectivity index (χ1n) is 14.7. The summed E-state index contributed by atoms with van der Waals surface area (Å²) >= 11 is 0.